The maximum atomic E-state index is 14.6. The van der Waals surface area contributed by atoms with Gasteiger partial charge in [0.2, 0.25) is 0 Å². The Morgan fingerprint density at radius 3 is 1.58 bits per heavy atom. The van der Waals surface area contributed by atoms with Gasteiger partial charge in [0.25, 0.3) is 6.71 Å². The summed E-state index contributed by atoms with van der Waals surface area (Å²) in [5, 5.41) is 1.21. The molecule has 0 unspecified atom stereocenters. The molecule has 0 bridgehead atoms. The molecular weight excluding hydrogens is 897 g/mol. The lowest BCUT2D eigenvalue weighted by atomic mass is 9.36. The Labute approximate surface area is 416 Å². The number of alkyl halides is 3. The quantitative estimate of drug-likeness (QED) is 0.159. The van der Waals surface area contributed by atoms with Crippen molar-refractivity contribution in [2.24, 2.45) is 0 Å². The monoisotopic (exact) mass is 942 g/mol. The van der Waals surface area contributed by atoms with Crippen molar-refractivity contribution < 1.29 is 13.2 Å². The van der Waals surface area contributed by atoms with E-state index in [0.29, 0.717) is 11.1 Å². The summed E-state index contributed by atoms with van der Waals surface area (Å²) < 4.78 is 46.3. The summed E-state index contributed by atoms with van der Waals surface area (Å²) in [5.74, 6) is -0.284. The van der Waals surface area contributed by atoms with Gasteiger partial charge in [0.05, 0.1) is 16.7 Å². The molecule has 14 rings (SSSR count). The van der Waals surface area contributed by atoms with Gasteiger partial charge in [-0.1, -0.05) is 155 Å². The van der Waals surface area contributed by atoms with Crippen molar-refractivity contribution in [3.05, 3.63) is 233 Å². The van der Waals surface area contributed by atoms with Gasteiger partial charge in [0, 0.05) is 43.3 Å². The third kappa shape index (κ3) is 5.78. The Bertz CT molecular complexity index is 3780. The largest absolute Gasteiger partial charge is 0.416 e. The number of thiophene rings is 1. The van der Waals surface area contributed by atoms with Gasteiger partial charge in [-0.25, -0.2) is 0 Å². The van der Waals surface area contributed by atoms with E-state index in [2.05, 4.69) is 186 Å². The van der Waals surface area contributed by atoms with Crippen molar-refractivity contribution in [2.75, 3.05) is 9.80 Å². The van der Waals surface area contributed by atoms with Crippen LogP contribution >= 0.6 is 11.3 Å². The number of halogens is 3. The van der Waals surface area contributed by atoms with E-state index < -0.39 is 17.2 Å². The van der Waals surface area contributed by atoms with Crippen LogP contribution < -0.4 is 25.5 Å². The first-order chi connectivity index (χ1) is 34.5. The number of hydrogen-bond acceptors (Lipinski definition) is 3. The number of nitrogens with zero attached hydrogens (tertiary/aromatic N) is 2. The van der Waals surface area contributed by atoms with Crippen LogP contribution in [0, 0.1) is 0 Å². The summed E-state index contributed by atoms with van der Waals surface area (Å²) >= 11 is 1.90. The summed E-state index contributed by atoms with van der Waals surface area (Å²) in [7, 11) is 0. The SMILES string of the molecule is CC(C)c1cc(C(F)(F)F)cc(C(C)C)c1-c1ccc2c(c1)N(c1ccccc1)c1cccc3c1B2c1sc2cc4c(cc2c1N3c1ccccc1)-c1ccccc1C41c2ccccc2-c2ccccc21. The fraction of sp³-hybridized carbons (Fsp3) is 0.125. The van der Waals surface area contributed by atoms with E-state index in [1.807, 2.05) is 45.1 Å². The molecular formula is C64H46BF3N2S. The van der Waals surface area contributed by atoms with Crippen molar-refractivity contribution in [1.29, 1.82) is 0 Å². The van der Waals surface area contributed by atoms with E-state index in [1.165, 1.54) is 82.7 Å². The van der Waals surface area contributed by atoms with Crippen molar-refractivity contribution >= 4 is 78.0 Å². The van der Waals surface area contributed by atoms with Crippen LogP contribution in [0.25, 0.3) is 43.5 Å². The van der Waals surface area contributed by atoms with E-state index in [0.717, 1.165) is 45.0 Å². The Balaban J connectivity index is 1.07. The number of para-hydroxylation sites is 2. The zero-order valence-corrected chi connectivity index (χ0v) is 40.5. The molecule has 2 nitrogen and oxygen atoms in total. The summed E-state index contributed by atoms with van der Waals surface area (Å²) in [6, 6.07) is 69.5. The number of hydrogen-bond donors (Lipinski definition) is 0. The first kappa shape index (κ1) is 42.3. The van der Waals surface area contributed by atoms with Gasteiger partial charge in [-0.15, -0.1) is 11.3 Å². The number of fused-ring (bicyclic) bond motifs is 16. The lowest BCUT2D eigenvalue weighted by molar-refractivity contribution is -0.137. The highest BCUT2D eigenvalue weighted by Gasteiger charge is 2.53. The van der Waals surface area contributed by atoms with E-state index >= 15 is 0 Å². The van der Waals surface area contributed by atoms with Gasteiger partial charge in [-0.3, -0.25) is 0 Å². The fourth-order valence-electron chi connectivity index (χ4n) is 13.0. The molecule has 3 heterocycles. The molecule has 9 aromatic carbocycles. The average Bonchev–Trinajstić information content (AvgIpc) is 4.01. The summed E-state index contributed by atoms with van der Waals surface area (Å²) in [6.07, 6.45) is -4.46. The topological polar surface area (TPSA) is 6.48 Å². The van der Waals surface area contributed by atoms with Crippen LogP contribution in [0.5, 0.6) is 0 Å². The van der Waals surface area contributed by atoms with Gasteiger partial charge >= 0.3 is 6.18 Å². The van der Waals surface area contributed by atoms with E-state index in [-0.39, 0.29) is 18.5 Å². The lowest BCUT2D eigenvalue weighted by Crippen LogP contribution is -2.60. The molecule has 1 aromatic heterocycles. The highest BCUT2D eigenvalue weighted by Crippen LogP contribution is 2.64. The van der Waals surface area contributed by atoms with Crippen molar-refractivity contribution in [3.8, 4) is 33.4 Å². The van der Waals surface area contributed by atoms with Gasteiger partial charge < -0.3 is 9.80 Å². The second-order valence-corrected chi connectivity index (χ2v) is 21.3. The first-order valence-electron chi connectivity index (χ1n) is 24.7. The Hall–Kier alpha value is -7.61. The van der Waals surface area contributed by atoms with E-state index in [4.69, 9.17) is 0 Å². The first-order valence-corrected chi connectivity index (χ1v) is 25.5. The summed E-state index contributed by atoms with van der Waals surface area (Å²) in [6.45, 7) is 7.86. The molecule has 1 spiro atoms. The molecule has 0 amide bonds. The van der Waals surface area contributed by atoms with Gasteiger partial charge in [0.1, 0.15) is 0 Å². The van der Waals surface area contributed by atoms with Gasteiger partial charge in [-0.2, -0.15) is 13.2 Å². The molecule has 4 aliphatic rings. The summed E-state index contributed by atoms with van der Waals surface area (Å²) in [4.78, 5) is 4.88. The predicted octanol–water partition coefficient (Wildman–Crippen LogP) is 16.3. The number of rotatable bonds is 5. The van der Waals surface area contributed by atoms with Crippen LogP contribution in [0.2, 0.25) is 0 Å². The molecule has 0 saturated carbocycles. The van der Waals surface area contributed by atoms with E-state index in [1.54, 1.807) is 0 Å². The molecule has 7 heteroatoms. The molecule has 0 saturated heterocycles. The third-order valence-corrected chi connectivity index (χ3v) is 17.0. The van der Waals surface area contributed by atoms with Gasteiger partial charge in [0.15, 0.2) is 0 Å². The van der Waals surface area contributed by atoms with Crippen molar-refractivity contribution in [1.82, 2.24) is 0 Å². The van der Waals surface area contributed by atoms with Gasteiger partial charge in [-0.05, 0) is 156 Å². The van der Waals surface area contributed by atoms with Crippen LogP contribution in [0.4, 0.5) is 47.3 Å². The molecule has 0 N–H and O–H groups in total. The fourth-order valence-corrected chi connectivity index (χ4v) is 14.3. The molecule has 0 radical (unpaired) electrons. The maximum absolute atomic E-state index is 14.6. The second-order valence-electron chi connectivity index (χ2n) is 20.2. The second kappa shape index (κ2) is 15.2. The average molecular weight is 943 g/mol. The Morgan fingerprint density at radius 1 is 0.493 bits per heavy atom. The number of anilines is 6. The molecule has 342 valence electrons. The molecule has 2 aliphatic heterocycles. The summed E-state index contributed by atoms with van der Waals surface area (Å²) in [5.41, 5.74) is 21.5. The lowest BCUT2D eigenvalue weighted by Gasteiger charge is -2.43. The third-order valence-electron chi connectivity index (χ3n) is 15.8. The number of benzene rings is 9. The van der Waals surface area contributed by atoms with E-state index in [9.17, 15) is 13.2 Å². The van der Waals surface area contributed by atoms with Crippen molar-refractivity contribution in [3.63, 3.8) is 0 Å². The minimum atomic E-state index is -4.46. The standard InChI is InChI=1S/C64H46BF3N2S/c1-37(2)46-33-40(64(66,67)68)34-47(38(3)4)59(46)39-30-31-54-57(32-39)69(41-18-7-5-8-19-41)55-28-17-29-56-60(55)65(54)62-61(70(56)42-20-9-6-10-21-42)49-35-48-45-24-13-16-27-52(45)63(53(48)36-58(49)71-62)50-25-14-11-22-43(50)44-23-12-15-26-51(44)63/h5-38H,1-4H3. The highest BCUT2D eigenvalue weighted by atomic mass is 32.1. The maximum Gasteiger partial charge on any atom is 0.416 e. The zero-order chi connectivity index (χ0) is 48.1. The normalized spacial score (nSPS) is 14.4. The predicted molar refractivity (Wildman–Crippen MR) is 291 cm³/mol. The smallest absolute Gasteiger partial charge is 0.311 e. The Morgan fingerprint density at radius 2 is 1.01 bits per heavy atom. The molecule has 10 aromatic rings. The van der Waals surface area contributed by atoms with Crippen LogP contribution in [0.15, 0.2) is 194 Å². The molecule has 0 atom stereocenters. The van der Waals surface area contributed by atoms with Crippen LogP contribution in [0.3, 0.4) is 0 Å². The van der Waals surface area contributed by atoms with Crippen LogP contribution in [-0.2, 0) is 11.6 Å². The molecule has 2 aliphatic carbocycles. The zero-order valence-electron chi connectivity index (χ0n) is 39.6. The minimum absolute atomic E-state index is 0.136. The Kier molecular flexibility index (Phi) is 9.05. The van der Waals surface area contributed by atoms with Crippen LogP contribution in [-0.4, -0.2) is 6.71 Å². The highest BCUT2D eigenvalue weighted by molar-refractivity contribution is 7.33. The van der Waals surface area contributed by atoms with Crippen LogP contribution in [0.1, 0.15) is 78.5 Å². The molecule has 0 fully saturated rings. The minimum Gasteiger partial charge on any atom is -0.311 e. The molecule has 71 heavy (non-hydrogen) atoms. The van der Waals surface area contributed by atoms with Crippen molar-refractivity contribution in [2.45, 2.75) is 51.1 Å².